The minimum absolute atomic E-state index is 0.292. The fraction of sp³-hybridized carbons (Fsp3) is 0.267. The third kappa shape index (κ3) is 3.47. The second kappa shape index (κ2) is 6.21. The zero-order valence-corrected chi connectivity index (χ0v) is 11.8. The number of hydrogen-bond donors (Lipinski definition) is 1. The molecule has 2 rings (SSSR count). The average molecular weight is 289 g/mol. The third-order valence-corrected chi connectivity index (χ3v) is 2.84. The smallest absolute Gasteiger partial charge is 0.354 e. The highest BCUT2D eigenvalue weighted by Gasteiger charge is 2.13. The monoisotopic (exact) mass is 289 g/mol. The molecule has 0 saturated heterocycles. The van der Waals surface area contributed by atoms with Crippen molar-refractivity contribution in [1.82, 2.24) is 4.98 Å². The van der Waals surface area contributed by atoms with Gasteiger partial charge >= 0.3 is 11.9 Å². The van der Waals surface area contributed by atoms with E-state index in [0.717, 1.165) is 5.52 Å². The van der Waals surface area contributed by atoms with Crippen LogP contribution in [0.5, 0.6) is 0 Å². The first-order valence-electron chi connectivity index (χ1n) is 6.47. The number of hydrogen-bond acceptors (Lipinski definition) is 5. The second-order valence-electron chi connectivity index (χ2n) is 4.41. The minimum Gasteiger partial charge on any atom is -0.461 e. The van der Waals surface area contributed by atoms with E-state index in [2.05, 4.69) is 9.72 Å². The molecule has 6 heteroatoms. The molecule has 0 aliphatic rings. The third-order valence-electron chi connectivity index (χ3n) is 2.84. The van der Waals surface area contributed by atoms with Crippen molar-refractivity contribution < 1.29 is 23.9 Å². The lowest BCUT2D eigenvalue weighted by molar-refractivity contribution is -0.139. The summed E-state index contributed by atoms with van der Waals surface area (Å²) in [5.74, 6) is -1.25. The largest absolute Gasteiger partial charge is 0.461 e. The van der Waals surface area contributed by atoms with Crippen molar-refractivity contribution in [3.63, 3.8) is 0 Å². The molecule has 0 saturated carbocycles. The van der Waals surface area contributed by atoms with Crippen molar-refractivity contribution >= 4 is 28.6 Å². The molecule has 0 spiro atoms. The zero-order chi connectivity index (χ0) is 15.4. The Kier molecular flexibility index (Phi) is 4.37. The van der Waals surface area contributed by atoms with Crippen molar-refractivity contribution in [2.75, 3.05) is 13.2 Å². The van der Waals surface area contributed by atoms with Crippen LogP contribution in [0.2, 0.25) is 0 Å². The maximum Gasteiger partial charge on any atom is 0.354 e. The number of H-pyrrole nitrogens is 1. The van der Waals surface area contributed by atoms with E-state index in [1.165, 1.54) is 6.92 Å². The van der Waals surface area contributed by atoms with E-state index < -0.39 is 11.9 Å². The van der Waals surface area contributed by atoms with Crippen molar-refractivity contribution in [1.29, 1.82) is 0 Å². The normalized spacial score (nSPS) is 10.4. The predicted molar refractivity (Wildman–Crippen MR) is 75.2 cm³/mol. The number of fused-ring (bicyclic) bond motifs is 1. The van der Waals surface area contributed by atoms with Crippen molar-refractivity contribution in [2.24, 2.45) is 0 Å². The molecule has 0 aliphatic carbocycles. The summed E-state index contributed by atoms with van der Waals surface area (Å²) in [5, 5.41) is 0.715. The summed E-state index contributed by atoms with van der Waals surface area (Å²) in [6, 6.07) is 6.56. The molecule has 0 bridgehead atoms. The molecule has 0 radical (unpaired) electrons. The number of Topliss-reactive ketones (excluding diaryl/α,β-unsaturated/α-hetero) is 1. The Labute approximate surface area is 121 Å². The maximum absolute atomic E-state index is 11.9. The summed E-state index contributed by atoms with van der Waals surface area (Å²) in [5.41, 5.74) is 1.47. The highest BCUT2D eigenvalue weighted by molar-refractivity contribution is 6.02. The van der Waals surface area contributed by atoms with Gasteiger partial charge in [-0.05, 0) is 31.2 Å². The number of rotatable bonds is 5. The van der Waals surface area contributed by atoms with Gasteiger partial charge in [0.25, 0.3) is 0 Å². The number of ketones is 1. The Morgan fingerprint density at radius 3 is 2.57 bits per heavy atom. The van der Waals surface area contributed by atoms with Crippen LogP contribution in [0.25, 0.3) is 10.9 Å². The van der Waals surface area contributed by atoms with Crippen LogP contribution < -0.4 is 0 Å². The van der Waals surface area contributed by atoms with Crippen LogP contribution in [0, 0.1) is 0 Å². The van der Waals surface area contributed by atoms with Gasteiger partial charge in [-0.3, -0.25) is 9.59 Å². The van der Waals surface area contributed by atoms with Crippen LogP contribution in [0.3, 0.4) is 0 Å². The van der Waals surface area contributed by atoms with Gasteiger partial charge < -0.3 is 14.5 Å². The second-order valence-corrected chi connectivity index (χ2v) is 4.41. The number of nitrogens with one attached hydrogen (secondary N) is 1. The van der Waals surface area contributed by atoms with Crippen LogP contribution in [0.1, 0.15) is 34.7 Å². The van der Waals surface area contributed by atoms with Gasteiger partial charge in [0, 0.05) is 23.4 Å². The Morgan fingerprint density at radius 1 is 1.14 bits per heavy atom. The van der Waals surface area contributed by atoms with Crippen LogP contribution in [0.15, 0.2) is 24.3 Å². The highest BCUT2D eigenvalue weighted by atomic mass is 16.5. The molecule has 2 aromatic rings. The van der Waals surface area contributed by atoms with Gasteiger partial charge in [-0.2, -0.15) is 0 Å². The Morgan fingerprint density at radius 2 is 1.90 bits per heavy atom. The number of esters is 2. The summed E-state index contributed by atoms with van der Waals surface area (Å²) >= 11 is 0. The van der Waals surface area contributed by atoms with Gasteiger partial charge in [0.1, 0.15) is 5.69 Å². The van der Waals surface area contributed by atoms with Crippen LogP contribution >= 0.6 is 0 Å². The molecule has 1 aromatic heterocycles. The molecule has 110 valence electrons. The summed E-state index contributed by atoms with van der Waals surface area (Å²) in [7, 11) is 0. The zero-order valence-electron chi connectivity index (χ0n) is 11.8. The minimum atomic E-state index is -0.504. The quantitative estimate of drug-likeness (QED) is 0.673. The van der Waals surface area contributed by atoms with E-state index in [-0.39, 0.29) is 12.4 Å². The number of aromatic amines is 1. The molecule has 21 heavy (non-hydrogen) atoms. The van der Waals surface area contributed by atoms with E-state index in [9.17, 15) is 14.4 Å². The van der Waals surface area contributed by atoms with Crippen LogP contribution in [-0.2, 0) is 14.3 Å². The van der Waals surface area contributed by atoms with E-state index in [1.54, 1.807) is 31.2 Å². The van der Waals surface area contributed by atoms with Crippen molar-refractivity contribution in [3.05, 3.63) is 35.5 Å². The number of carbonyl (C=O) groups excluding carboxylic acids is 3. The molecule has 0 aliphatic heterocycles. The standard InChI is InChI=1S/C15H15NO5/c1-3-20-15(19)13-7-11-6-10(4-5-12(11)16-13)14(18)8-21-9(2)17/h4-7,16H,3,8H2,1-2H3. The molecule has 1 N–H and O–H groups in total. The lowest BCUT2D eigenvalue weighted by Crippen LogP contribution is -2.11. The summed E-state index contributed by atoms with van der Waals surface area (Å²) in [4.78, 5) is 37.1. The van der Waals surface area contributed by atoms with Gasteiger partial charge in [0.15, 0.2) is 12.4 Å². The molecule has 0 fully saturated rings. The molecule has 0 atom stereocenters. The summed E-state index contributed by atoms with van der Waals surface area (Å²) in [6.45, 7) is 2.97. The lowest BCUT2D eigenvalue weighted by Gasteiger charge is -2.01. The van der Waals surface area contributed by atoms with E-state index in [4.69, 9.17) is 4.74 Å². The van der Waals surface area contributed by atoms with Gasteiger partial charge in [-0.1, -0.05) is 0 Å². The van der Waals surface area contributed by atoms with Gasteiger partial charge in [-0.15, -0.1) is 0 Å². The van der Waals surface area contributed by atoms with E-state index in [0.29, 0.717) is 23.3 Å². The first-order chi connectivity index (χ1) is 10.0. The van der Waals surface area contributed by atoms with Crippen molar-refractivity contribution in [3.8, 4) is 0 Å². The Bertz CT molecular complexity index is 701. The summed E-state index contributed by atoms with van der Waals surface area (Å²) in [6.07, 6.45) is 0. The van der Waals surface area contributed by atoms with Gasteiger partial charge in [0.2, 0.25) is 0 Å². The SMILES string of the molecule is CCOC(=O)c1cc2cc(C(=O)COC(C)=O)ccc2[nH]1. The molecule has 1 heterocycles. The van der Waals surface area contributed by atoms with E-state index in [1.807, 2.05) is 0 Å². The first kappa shape index (κ1) is 14.8. The highest BCUT2D eigenvalue weighted by Crippen LogP contribution is 2.18. The number of carbonyl (C=O) groups is 3. The first-order valence-corrected chi connectivity index (χ1v) is 6.47. The maximum atomic E-state index is 11.9. The van der Waals surface area contributed by atoms with Gasteiger partial charge in [0.05, 0.1) is 6.61 Å². The topological polar surface area (TPSA) is 85.5 Å². The predicted octanol–water partition coefficient (Wildman–Crippen LogP) is 2.09. The fourth-order valence-corrected chi connectivity index (χ4v) is 1.88. The van der Waals surface area contributed by atoms with Crippen LogP contribution in [0.4, 0.5) is 0 Å². The van der Waals surface area contributed by atoms with E-state index >= 15 is 0 Å². The molecule has 6 nitrogen and oxygen atoms in total. The lowest BCUT2D eigenvalue weighted by atomic mass is 10.1. The number of aromatic nitrogens is 1. The molecule has 0 amide bonds. The molecular weight excluding hydrogens is 274 g/mol. The van der Waals surface area contributed by atoms with Gasteiger partial charge in [-0.25, -0.2) is 4.79 Å². The number of benzene rings is 1. The number of ether oxygens (including phenoxy) is 2. The van der Waals surface area contributed by atoms with Crippen LogP contribution in [-0.4, -0.2) is 35.9 Å². The molecule has 1 aromatic carbocycles. The van der Waals surface area contributed by atoms with Crippen molar-refractivity contribution in [2.45, 2.75) is 13.8 Å². The molecule has 0 unspecified atom stereocenters. The Hall–Kier alpha value is -2.63. The Balaban J connectivity index is 2.23. The fourth-order valence-electron chi connectivity index (χ4n) is 1.88. The molecular formula is C15H15NO5. The average Bonchev–Trinajstić information content (AvgIpc) is 2.87. The summed E-state index contributed by atoms with van der Waals surface area (Å²) < 4.78 is 9.58.